The van der Waals surface area contributed by atoms with E-state index in [1.165, 1.54) is 6.26 Å². The van der Waals surface area contributed by atoms with Gasteiger partial charge in [0.1, 0.15) is 0 Å². The van der Waals surface area contributed by atoms with Crippen LogP contribution in [0.3, 0.4) is 0 Å². The van der Waals surface area contributed by atoms with E-state index in [0.29, 0.717) is 17.1 Å². The highest BCUT2D eigenvalue weighted by atomic mass is 32.2. The molecule has 1 aromatic rings. The number of hydrogen-bond donors (Lipinski definition) is 1. The van der Waals surface area contributed by atoms with Crippen LogP contribution in [0.4, 0.5) is 0 Å². The highest BCUT2D eigenvalue weighted by Gasteiger charge is 2.10. The summed E-state index contributed by atoms with van der Waals surface area (Å²) in [6.07, 6.45) is 1.91. The van der Waals surface area contributed by atoms with Gasteiger partial charge in [0.2, 0.25) is 0 Å². The van der Waals surface area contributed by atoms with Gasteiger partial charge in [-0.25, -0.2) is 8.42 Å². The molecular weight excluding hydrogens is 204 g/mol. The lowest BCUT2D eigenvalue weighted by Gasteiger charge is -2.05. The van der Waals surface area contributed by atoms with E-state index in [9.17, 15) is 8.42 Å². The monoisotopic (exact) mass is 216 g/mol. The van der Waals surface area contributed by atoms with Crippen LogP contribution in [0.25, 0.3) is 0 Å². The summed E-state index contributed by atoms with van der Waals surface area (Å²) in [4.78, 5) is 0.420. The fraction of sp³-hybridized carbons (Fsp3) is 0.333. The second-order valence-electron chi connectivity index (χ2n) is 2.85. The largest absolute Gasteiger partial charge is 0.224 e. The number of sulfone groups is 1. The Morgan fingerprint density at radius 1 is 1.31 bits per heavy atom. The van der Waals surface area contributed by atoms with E-state index in [1.807, 2.05) is 12.1 Å². The van der Waals surface area contributed by atoms with Gasteiger partial charge in [0, 0.05) is 6.26 Å². The van der Waals surface area contributed by atoms with Crippen LogP contribution in [0.15, 0.2) is 29.2 Å². The van der Waals surface area contributed by atoms with Crippen molar-refractivity contribution in [2.75, 3.05) is 12.0 Å². The molecule has 0 atom stereocenters. The fourth-order valence-corrected chi connectivity index (χ4v) is 2.41. The Bertz CT molecular complexity index is 382. The molecule has 72 valence electrons. The van der Waals surface area contributed by atoms with Crippen molar-refractivity contribution in [1.29, 1.82) is 0 Å². The van der Waals surface area contributed by atoms with Gasteiger partial charge in [0.05, 0.1) is 4.90 Å². The second kappa shape index (κ2) is 4.15. The van der Waals surface area contributed by atoms with Crippen molar-refractivity contribution in [3.8, 4) is 0 Å². The highest BCUT2D eigenvalue weighted by molar-refractivity contribution is 7.90. The van der Waals surface area contributed by atoms with E-state index in [-0.39, 0.29) is 0 Å². The maximum absolute atomic E-state index is 11.3. The molecule has 2 nitrogen and oxygen atoms in total. The van der Waals surface area contributed by atoms with Crippen molar-refractivity contribution in [3.63, 3.8) is 0 Å². The summed E-state index contributed by atoms with van der Waals surface area (Å²) in [5.74, 6) is 0.659. The zero-order chi connectivity index (χ0) is 9.90. The van der Waals surface area contributed by atoms with Crippen LogP contribution in [0.5, 0.6) is 0 Å². The standard InChI is InChI=1S/C9H12O2S2/c1-13(10,11)9-5-3-2-4-8(9)6-7-12/h2-5,12H,6-7H2,1H3. The molecule has 0 radical (unpaired) electrons. The average Bonchev–Trinajstić information content (AvgIpc) is 2.04. The van der Waals surface area contributed by atoms with Gasteiger partial charge in [-0.1, -0.05) is 18.2 Å². The molecule has 0 saturated carbocycles. The Morgan fingerprint density at radius 3 is 2.46 bits per heavy atom. The first kappa shape index (κ1) is 10.6. The molecule has 0 N–H and O–H groups in total. The zero-order valence-corrected chi connectivity index (χ0v) is 9.11. The molecule has 0 unspecified atom stereocenters. The van der Waals surface area contributed by atoms with E-state index in [1.54, 1.807) is 12.1 Å². The van der Waals surface area contributed by atoms with E-state index < -0.39 is 9.84 Å². The van der Waals surface area contributed by atoms with E-state index in [2.05, 4.69) is 12.6 Å². The third-order valence-electron chi connectivity index (χ3n) is 1.75. The van der Waals surface area contributed by atoms with Crippen LogP contribution in [0.1, 0.15) is 5.56 Å². The van der Waals surface area contributed by atoms with Gasteiger partial charge in [-0.15, -0.1) is 0 Å². The summed E-state index contributed by atoms with van der Waals surface area (Å²) in [6.45, 7) is 0. The van der Waals surface area contributed by atoms with Crippen molar-refractivity contribution in [2.45, 2.75) is 11.3 Å². The molecule has 13 heavy (non-hydrogen) atoms. The molecule has 0 aliphatic carbocycles. The van der Waals surface area contributed by atoms with Gasteiger partial charge in [-0.05, 0) is 23.8 Å². The first-order chi connectivity index (χ1) is 6.05. The summed E-state index contributed by atoms with van der Waals surface area (Å²) >= 11 is 4.08. The Kier molecular flexibility index (Phi) is 3.39. The molecule has 0 spiro atoms. The van der Waals surface area contributed by atoms with Gasteiger partial charge < -0.3 is 0 Å². The number of hydrogen-bond acceptors (Lipinski definition) is 3. The molecule has 0 aliphatic heterocycles. The minimum absolute atomic E-state index is 0.420. The lowest BCUT2D eigenvalue weighted by Crippen LogP contribution is -2.02. The molecule has 0 aromatic heterocycles. The number of rotatable bonds is 3. The Hall–Kier alpha value is -0.480. The third kappa shape index (κ3) is 2.74. The van der Waals surface area contributed by atoms with Gasteiger partial charge in [0.25, 0.3) is 0 Å². The van der Waals surface area contributed by atoms with Crippen LogP contribution in [-0.4, -0.2) is 20.4 Å². The second-order valence-corrected chi connectivity index (χ2v) is 5.28. The number of benzene rings is 1. The molecule has 0 saturated heterocycles. The van der Waals surface area contributed by atoms with Crippen LogP contribution in [-0.2, 0) is 16.3 Å². The lowest BCUT2D eigenvalue weighted by atomic mass is 10.2. The summed E-state index contributed by atoms with van der Waals surface area (Å²) in [7, 11) is -3.09. The summed E-state index contributed by atoms with van der Waals surface area (Å²) < 4.78 is 22.6. The predicted molar refractivity (Wildman–Crippen MR) is 57.1 cm³/mol. The van der Waals surface area contributed by atoms with Gasteiger partial charge in [-0.3, -0.25) is 0 Å². The van der Waals surface area contributed by atoms with E-state index in [0.717, 1.165) is 5.56 Å². The fourth-order valence-electron chi connectivity index (χ4n) is 1.19. The quantitative estimate of drug-likeness (QED) is 0.778. The summed E-state index contributed by atoms with van der Waals surface area (Å²) in [5, 5.41) is 0. The molecule has 0 heterocycles. The first-order valence-corrected chi connectivity index (χ1v) is 6.47. The normalized spacial score (nSPS) is 11.5. The average molecular weight is 216 g/mol. The predicted octanol–water partition coefficient (Wildman–Crippen LogP) is 1.56. The molecular formula is C9H12O2S2. The maximum Gasteiger partial charge on any atom is 0.175 e. The minimum Gasteiger partial charge on any atom is -0.224 e. The van der Waals surface area contributed by atoms with Gasteiger partial charge in [-0.2, -0.15) is 12.6 Å². The third-order valence-corrected chi connectivity index (χ3v) is 3.17. The first-order valence-electron chi connectivity index (χ1n) is 3.94. The molecule has 0 amide bonds. The van der Waals surface area contributed by atoms with Gasteiger partial charge in [0.15, 0.2) is 9.84 Å². The summed E-state index contributed by atoms with van der Waals surface area (Å²) in [6, 6.07) is 7.03. The van der Waals surface area contributed by atoms with E-state index in [4.69, 9.17) is 0 Å². The topological polar surface area (TPSA) is 34.1 Å². The van der Waals surface area contributed by atoms with Crippen molar-refractivity contribution < 1.29 is 8.42 Å². The molecule has 1 aromatic carbocycles. The lowest BCUT2D eigenvalue weighted by molar-refractivity contribution is 0.601. The SMILES string of the molecule is CS(=O)(=O)c1ccccc1CCS. The van der Waals surface area contributed by atoms with Crippen molar-refractivity contribution in [3.05, 3.63) is 29.8 Å². The molecule has 4 heteroatoms. The van der Waals surface area contributed by atoms with Crippen molar-refractivity contribution in [2.24, 2.45) is 0 Å². The molecule has 1 rings (SSSR count). The minimum atomic E-state index is -3.09. The molecule has 0 bridgehead atoms. The Labute approximate surface area is 84.3 Å². The summed E-state index contributed by atoms with van der Waals surface area (Å²) in [5.41, 5.74) is 0.847. The van der Waals surface area contributed by atoms with Gasteiger partial charge >= 0.3 is 0 Å². The highest BCUT2D eigenvalue weighted by Crippen LogP contribution is 2.15. The Morgan fingerprint density at radius 2 is 1.92 bits per heavy atom. The van der Waals surface area contributed by atoms with Crippen molar-refractivity contribution in [1.82, 2.24) is 0 Å². The van der Waals surface area contributed by atoms with Crippen LogP contribution < -0.4 is 0 Å². The Balaban J connectivity index is 3.20. The molecule has 0 fully saturated rings. The smallest absolute Gasteiger partial charge is 0.175 e. The van der Waals surface area contributed by atoms with Crippen LogP contribution in [0, 0.1) is 0 Å². The van der Waals surface area contributed by atoms with E-state index >= 15 is 0 Å². The van der Waals surface area contributed by atoms with Crippen LogP contribution >= 0.6 is 12.6 Å². The number of aryl methyl sites for hydroxylation is 1. The van der Waals surface area contributed by atoms with Crippen LogP contribution in [0.2, 0.25) is 0 Å². The maximum atomic E-state index is 11.3. The molecule has 0 aliphatic rings. The van der Waals surface area contributed by atoms with Crippen molar-refractivity contribution >= 4 is 22.5 Å². The zero-order valence-electron chi connectivity index (χ0n) is 7.40. The number of thiol groups is 1.